The van der Waals surface area contributed by atoms with Crippen LogP contribution in [-0.2, 0) is 6.54 Å². The van der Waals surface area contributed by atoms with Gasteiger partial charge in [-0.2, -0.15) is 0 Å². The van der Waals surface area contributed by atoms with Gasteiger partial charge in [-0.1, -0.05) is 48.6 Å². The highest BCUT2D eigenvalue weighted by Gasteiger charge is 2.13. The quantitative estimate of drug-likeness (QED) is 0.897. The molecule has 2 rings (SSSR count). The van der Waals surface area contributed by atoms with E-state index < -0.39 is 0 Å². The Labute approximate surface area is 112 Å². The minimum atomic E-state index is 0.881. The van der Waals surface area contributed by atoms with Crippen LogP contribution in [0, 0.1) is 0 Å². The van der Waals surface area contributed by atoms with Crippen LogP contribution in [0.3, 0.4) is 0 Å². The molecule has 0 amide bonds. The lowest BCUT2D eigenvalue weighted by molar-refractivity contribution is 0.735. The Morgan fingerprint density at radius 3 is 2.56 bits per heavy atom. The molecule has 0 radical (unpaired) electrons. The first-order valence-electron chi connectivity index (χ1n) is 6.15. The van der Waals surface area contributed by atoms with Gasteiger partial charge in [0, 0.05) is 31.1 Å². The van der Waals surface area contributed by atoms with Crippen LogP contribution in [0.2, 0.25) is 0 Å². The van der Waals surface area contributed by atoms with Crippen molar-refractivity contribution in [3.05, 3.63) is 35.2 Å². The maximum Gasteiger partial charge on any atom is 0.185 e. The van der Waals surface area contributed by atoms with Gasteiger partial charge in [0.2, 0.25) is 0 Å². The molecule has 0 saturated carbocycles. The Kier molecular flexibility index (Phi) is 4.33. The highest BCUT2D eigenvalue weighted by atomic mass is 32.1. The third-order valence-electron chi connectivity index (χ3n) is 2.65. The topological polar surface area (TPSA) is 28.2 Å². The standard InChI is InChI=1S/C14H19N3S/c1-4-15-10-12-13(11-8-6-5-7-9-11)16-14(18-12)17(2)3/h5-9,15H,4,10H2,1-3H3. The normalized spacial score (nSPS) is 10.6. The lowest BCUT2D eigenvalue weighted by Gasteiger charge is -2.05. The van der Waals surface area contributed by atoms with Crippen molar-refractivity contribution in [1.82, 2.24) is 10.3 Å². The van der Waals surface area contributed by atoms with E-state index in [0.29, 0.717) is 0 Å². The van der Waals surface area contributed by atoms with Gasteiger partial charge in [0.25, 0.3) is 0 Å². The summed E-state index contributed by atoms with van der Waals surface area (Å²) in [7, 11) is 4.06. The van der Waals surface area contributed by atoms with E-state index in [-0.39, 0.29) is 0 Å². The van der Waals surface area contributed by atoms with Gasteiger partial charge < -0.3 is 10.2 Å². The highest BCUT2D eigenvalue weighted by Crippen LogP contribution is 2.32. The zero-order valence-electron chi connectivity index (χ0n) is 11.1. The number of anilines is 1. The van der Waals surface area contributed by atoms with Crippen LogP contribution in [0.25, 0.3) is 11.3 Å². The molecule has 0 aliphatic heterocycles. The molecule has 1 aromatic carbocycles. The molecule has 3 nitrogen and oxygen atoms in total. The second-order valence-corrected chi connectivity index (χ2v) is 5.37. The lowest BCUT2D eigenvalue weighted by Crippen LogP contribution is -2.11. The molecule has 1 N–H and O–H groups in total. The molecule has 0 atom stereocenters. The van der Waals surface area contributed by atoms with Gasteiger partial charge in [-0.05, 0) is 6.54 Å². The molecule has 1 heterocycles. The Morgan fingerprint density at radius 2 is 1.94 bits per heavy atom. The smallest absolute Gasteiger partial charge is 0.185 e. The largest absolute Gasteiger partial charge is 0.354 e. The first-order valence-corrected chi connectivity index (χ1v) is 6.97. The molecule has 0 aliphatic carbocycles. The number of hydrogen-bond acceptors (Lipinski definition) is 4. The molecule has 0 fully saturated rings. The van der Waals surface area contributed by atoms with Gasteiger partial charge in [0.1, 0.15) is 0 Å². The number of rotatable bonds is 5. The van der Waals surface area contributed by atoms with Crippen molar-refractivity contribution >= 4 is 16.5 Å². The van der Waals surface area contributed by atoms with Crippen LogP contribution in [0.5, 0.6) is 0 Å². The van der Waals surface area contributed by atoms with E-state index in [2.05, 4.69) is 41.4 Å². The fourth-order valence-corrected chi connectivity index (χ4v) is 2.68. The molecular formula is C14H19N3S. The summed E-state index contributed by atoms with van der Waals surface area (Å²) in [5.74, 6) is 0. The molecule has 0 spiro atoms. The molecule has 4 heteroatoms. The second-order valence-electron chi connectivity index (χ2n) is 4.31. The van der Waals surface area contributed by atoms with Crippen LogP contribution >= 0.6 is 11.3 Å². The first-order chi connectivity index (χ1) is 8.72. The van der Waals surface area contributed by atoms with E-state index in [4.69, 9.17) is 4.98 Å². The van der Waals surface area contributed by atoms with Crippen LogP contribution in [0.1, 0.15) is 11.8 Å². The number of nitrogens with zero attached hydrogens (tertiary/aromatic N) is 2. The summed E-state index contributed by atoms with van der Waals surface area (Å²) >= 11 is 1.75. The molecule has 0 bridgehead atoms. The Morgan fingerprint density at radius 1 is 1.22 bits per heavy atom. The van der Waals surface area contributed by atoms with Crippen molar-refractivity contribution in [2.75, 3.05) is 25.5 Å². The third kappa shape index (κ3) is 2.89. The molecule has 96 valence electrons. The van der Waals surface area contributed by atoms with Gasteiger partial charge >= 0.3 is 0 Å². The predicted octanol–water partition coefficient (Wildman–Crippen LogP) is 2.99. The zero-order chi connectivity index (χ0) is 13.0. The second kappa shape index (κ2) is 5.98. The van der Waals surface area contributed by atoms with Crippen molar-refractivity contribution in [3.63, 3.8) is 0 Å². The maximum absolute atomic E-state index is 4.74. The van der Waals surface area contributed by atoms with Crippen molar-refractivity contribution < 1.29 is 0 Å². The highest BCUT2D eigenvalue weighted by molar-refractivity contribution is 7.16. The SMILES string of the molecule is CCNCc1sc(N(C)C)nc1-c1ccccc1. The summed E-state index contributed by atoms with van der Waals surface area (Å²) in [6, 6.07) is 10.4. The zero-order valence-corrected chi connectivity index (χ0v) is 11.9. The molecule has 18 heavy (non-hydrogen) atoms. The van der Waals surface area contributed by atoms with Gasteiger partial charge in [-0.25, -0.2) is 4.98 Å². The van der Waals surface area contributed by atoms with E-state index in [1.807, 2.05) is 20.2 Å². The Bertz CT molecular complexity index is 491. The molecule has 0 unspecified atom stereocenters. The van der Waals surface area contributed by atoms with Crippen LogP contribution in [-0.4, -0.2) is 25.6 Å². The Hall–Kier alpha value is -1.39. The van der Waals surface area contributed by atoms with Crippen molar-refractivity contribution in [2.24, 2.45) is 0 Å². The van der Waals surface area contributed by atoms with Crippen LogP contribution in [0.4, 0.5) is 5.13 Å². The maximum atomic E-state index is 4.74. The molecule has 0 saturated heterocycles. The summed E-state index contributed by atoms with van der Waals surface area (Å²) in [5.41, 5.74) is 2.29. The molecule has 2 aromatic rings. The fourth-order valence-electron chi connectivity index (χ4n) is 1.71. The van der Waals surface area contributed by atoms with Crippen molar-refractivity contribution in [2.45, 2.75) is 13.5 Å². The predicted molar refractivity (Wildman–Crippen MR) is 79.3 cm³/mol. The molecule has 0 aliphatic rings. The van der Waals surface area contributed by atoms with Gasteiger partial charge in [0.15, 0.2) is 5.13 Å². The van der Waals surface area contributed by atoms with Crippen molar-refractivity contribution in [1.29, 1.82) is 0 Å². The van der Waals surface area contributed by atoms with E-state index in [0.717, 1.165) is 23.9 Å². The summed E-state index contributed by atoms with van der Waals surface area (Å²) < 4.78 is 0. The van der Waals surface area contributed by atoms with Gasteiger partial charge in [0.05, 0.1) is 5.69 Å². The first kappa shape index (κ1) is 13.1. The van der Waals surface area contributed by atoms with Crippen LogP contribution < -0.4 is 10.2 Å². The Balaban J connectivity index is 2.37. The van der Waals surface area contributed by atoms with E-state index >= 15 is 0 Å². The summed E-state index contributed by atoms with van der Waals surface area (Å²) in [4.78, 5) is 8.10. The number of aromatic nitrogens is 1. The number of benzene rings is 1. The molecular weight excluding hydrogens is 242 g/mol. The minimum absolute atomic E-state index is 0.881. The minimum Gasteiger partial charge on any atom is -0.354 e. The average Bonchev–Trinajstić information content (AvgIpc) is 2.81. The van der Waals surface area contributed by atoms with Gasteiger partial charge in [-0.15, -0.1) is 0 Å². The third-order valence-corrected chi connectivity index (χ3v) is 3.87. The van der Waals surface area contributed by atoms with E-state index in [1.54, 1.807) is 11.3 Å². The summed E-state index contributed by atoms with van der Waals surface area (Å²) in [6.07, 6.45) is 0. The fraction of sp³-hybridized carbons (Fsp3) is 0.357. The van der Waals surface area contributed by atoms with Gasteiger partial charge in [-0.3, -0.25) is 0 Å². The lowest BCUT2D eigenvalue weighted by atomic mass is 10.1. The number of nitrogens with one attached hydrogen (secondary N) is 1. The van der Waals surface area contributed by atoms with E-state index in [1.165, 1.54) is 10.4 Å². The van der Waals surface area contributed by atoms with E-state index in [9.17, 15) is 0 Å². The van der Waals surface area contributed by atoms with Crippen LogP contribution in [0.15, 0.2) is 30.3 Å². The van der Waals surface area contributed by atoms with Crippen molar-refractivity contribution in [3.8, 4) is 11.3 Å². The summed E-state index contributed by atoms with van der Waals surface area (Å²) in [6.45, 7) is 3.98. The average molecular weight is 261 g/mol. The number of thiazole rings is 1. The number of hydrogen-bond donors (Lipinski definition) is 1. The monoisotopic (exact) mass is 261 g/mol. The molecule has 1 aromatic heterocycles. The summed E-state index contributed by atoms with van der Waals surface area (Å²) in [5, 5.41) is 4.44.